The summed E-state index contributed by atoms with van der Waals surface area (Å²) in [6.07, 6.45) is 0.302. The van der Waals surface area contributed by atoms with E-state index in [2.05, 4.69) is 45.0 Å². The van der Waals surface area contributed by atoms with Crippen molar-refractivity contribution in [2.24, 2.45) is 0 Å². The summed E-state index contributed by atoms with van der Waals surface area (Å²) in [5.74, 6) is 0.481. The van der Waals surface area contributed by atoms with E-state index >= 15 is 0 Å². The van der Waals surface area contributed by atoms with E-state index in [1.807, 2.05) is 35.4 Å². The van der Waals surface area contributed by atoms with Crippen LogP contribution in [0.25, 0.3) is 0 Å². The van der Waals surface area contributed by atoms with E-state index in [1.165, 1.54) is 10.5 Å². The number of hydrogen-bond acceptors (Lipinski definition) is 3. The van der Waals surface area contributed by atoms with Crippen LogP contribution in [0.4, 0.5) is 0 Å². The number of ether oxygens (including phenoxy) is 1. The number of benzene rings is 1. The highest BCUT2D eigenvalue weighted by atomic mass is 33.1. The SMILES string of the molecule is CC.CC(C)OC1SSc2ccccc2C1C. The first-order valence-electron chi connectivity index (χ1n) is 6.26. The van der Waals surface area contributed by atoms with Crippen LogP contribution in [0.3, 0.4) is 0 Å². The quantitative estimate of drug-likeness (QED) is 0.673. The minimum Gasteiger partial charge on any atom is -0.363 e. The maximum atomic E-state index is 5.90. The predicted octanol–water partition coefficient (Wildman–Crippen LogP) is 5.32. The minimum absolute atomic E-state index is 0.282. The van der Waals surface area contributed by atoms with E-state index in [-0.39, 0.29) is 5.44 Å². The molecule has 0 aliphatic carbocycles. The molecule has 0 saturated heterocycles. The zero-order chi connectivity index (χ0) is 12.8. The summed E-state index contributed by atoms with van der Waals surface area (Å²) in [4.78, 5) is 1.39. The molecule has 2 unspecified atom stereocenters. The molecule has 1 aliphatic rings. The van der Waals surface area contributed by atoms with Gasteiger partial charge < -0.3 is 4.74 Å². The van der Waals surface area contributed by atoms with Crippen LogP contribution in [0.15, 0.2) is 29.2 Å². The van der Waals surface area contributed by atoms with Crippen molar-refractivity contribution >= 4 is 21.6 Å². The van der Waals surface area contributed by atoms with Gasteiger partial charge in [0.05, 0.1) is 6.10 Å². The van der Waals surface area contributed by atoms with Gasteiger partial charge >= 0.3 is 0 Å². The lowest BCUT2D eigenvalue weighted by Crippen LogP contribution is -2.22. The highest BCUT2D eigenvalue weighted by Gasteiger charge is 2.28. The molecule has 1 heterocycles. The lowest BCUT2D eigenvalue weighted by Gasteiger charge is -2.30. The van der Waals surface area contributed by atoms with Crippen LogP contribution in [-0.2, 0) is 4.74 Å². The lowest BCUT2D eigenvalue weighted by molar-refractivity contribution is 0.0479. The van der Waals surface area contributed by atoms with Gasteiger partial charge in [0.25, 0.3) is 0 Å². The Morgan fingerprint density at radius 2 is 1.82 bits per heavy atom. The molecule has 17 heavy (non-hydrogen) atoms. The van der Waals surface area contributed by atoms with Crippen LogP contribution >= 0.6 is 21.6 Å². The molecule has 96 valence electrons. The van der Waals surface area contributed by atoms with Crippen LogP contribution in [-0.4, -0.2) is 11.5 Å². The second-order valence-corrected chi connectivity index (χ2v) is 6.40. The van der Waals surface area contributed by atoms with Crippen molar-refractivity contribution in [1.82, 2.24) is 0 Å². The maximum Gasteiger partial charge on any atom is 0.120 e. The van der Waals surface area contributed by atoms with Gasteiger partial charge in [-0.2, -0.15) is 0 Å². The highest BCUT2D eigenvalue weighted by molar-refractivity contribution is 8.77. The molecule has 1 aromatic carbocycles. The molecule has 0 bridgehead atoms. The van der Waals surface area contributed by atoms with E-state index in [9.17, 15) is 0 Å². The first kappa shape index (κ1) is 14.9. The normalized spacial score (nSPS) is 22.7. The molecule has 2 rings (SSSR count). The molecule has 2 atom stereocenters. The van der Waals surface area contributed by atoms with Crippen LogP contribution in [0.5, 0.6) is 0 Å². The zero-order valence-corrected chi connectivity index (χ0v) is 12.9. The molecule has 0 radical (unpaired) electrons. The molecule has 0 N–H and O–H groups in total. The molecule has 1 aliphatic heterocycles. The average molecular weight is 270 g/mol. The standard InChI is InChI=1S/C12H16OS2.C2H6/c1-8(2)13-12-9(3)10-6-4-5-7-11(10)14-15-12;1-2/h4-9,12H,1-3H3;1-2H3. The summed E-state index contributed by atoms with van der Waals surface area (Å²) in [6.45, 7) is 10.4. The van der Waals surface area contributed by atoms with Crippen molar-refractivity contribution in [1.29, 1.82) is 0 Å². The van der Waals surface area contributed by atoms with Gasteiger partial charge in [-0.25, -0.2) is 0 Å². The zero-order valence-electron chi connectivity index (χ0n) is 11.3. The Bertz CT molecular complexity index is 339. The second kappa shape index (κ2) is 7.34. The third kappa shape index (κ3) is 3.94. The highest BCUT2D eigenvalue weighted by Crippen LogP contribution is 2.49. The third-order valence-corrected chi connectivity index (χ3v) is 5.21. The molecular weight excluding hydrogens is 248 g/mol. The molecule has 0 amide bonds. The van der Waals surface area contributed by atoms with Crippen LogP contribution in [0, 0.1) is 0 Å². The summed E-state index contributed by atoms with van der Waals surface area (Å²) in [5.41, 5.74) is 1.71. The molecular formula is C14H22OS2. The first-order valence-corrected chi connectivity index (χ1v) is 8.47. The summed E-state index contributed by atoms with van der Waals surface area (Å²) in [6, 6.07) is 8.61. The molecule has 0 saturated carbocycles. The minimum atomic E-state index is 0.282. The van der Waals surface area contributed by atoms with Gasteiger partial charge in [-0.1, -0.05) is 60.6 Å². The van der Waals surface area contributed by atoms with E-state index in [0.717, 1.165) is 0 Å². The van der Waals surface area contributed by atoms with E-state index in [4.69, 9.17) is 4.74 Å². The Labute approximate surface area is 113 Å². The summed E-state index contributed by atoms with van der Waals surface area (Å²) < 4.78 is 5.90. The summed E-state index contributed by atoms with van der Waals surface area (Å²) >= 11 is 0. The third-order valence-electron chi connectivity index (χ3n) is 2.46. The largest absolute Gasteiger partial charge is 0.363 e. The average Bonchev–Trinajstić information content (AvgIpc) is 2.35. The monoisotopic (exact) mass is 270 g/mol. The Hall–Kier alpha value is -0.120. The Morgan fingerprint density at radius 1 is 1.18 bits per heavy atom. The summed E-state index contributed by atoms with van der Waals surface area (Å²) in [5, 5.41) is 0. The van der Waals surface area contributed by atoms with Gasteiger partial charge in [0.2, 0.25) is 0 Å². The van der Waals surface area contributed by atoms with Gasteiger partial charge in [0.15, 0.2) is 0 Å². The van der Waals surface area contributed by atoms with Crippen LogP contribution in [0.1, 0.15) is 46.1 Å². The van der Waals surface area contributed by atoms with Gasteiger partial charge in [0, 0.05) is 10.8 Å². The predicted molar refractivity (Wildman–Crippen MR) is 79.7 cm³/mol. The Kier molecular flexibility index (Phi) is 6.45. The van der Waals surface area contributed by atoms with Gasteiger partial charge in [0.1, 0.15) is 5.44 Å². The number of rotatable bonds is 2. The van der Waals surface area contributed by atoms with Gasteiger partial charge in [-0.3, -0.25) is 0 Å². The fourth-order valence-corrected chi connectivity index (χ4v) is 4.62. The van der Waals surface area contributed by atoms with Crippen molar-refractivity contribution in [2.45, 2.75) is 57.0 Å². The molecule has 0 spiro atoms. The topological polar surface area (TPSA) is 9.23 Å². The molecule has 1 aromatic rings. The fraction of sp³-hybridized carbons (Fsp3) is 0.571. The lowest BCUT2D eigenvalue weighted by atomic mass is 10.0. The molecule has 1 nitrogen and oxygen atoms in total. The van der Waals surface area contributed by atoms with E-state index in [1.54, 1.807) is 0 Å². The van der Waals surface area contributed by atoms with Crippen molar-refractivity contribution in [2.75, 3.05) is 0 Å². The summed E-state index contributed by atoms with van der Waals surface area (Å²) in [7, 11) is 3.67. The van der Waals surface area contributed by atoms with Gasteiger partial charge in [-0.05, 0) is 25.5 Å². The van der Waals surface area contributed by atoms with E-state index < -0.39 is 0 Å². The van der Waals surface area contributed by atoms with Crippen molar-refractivity contribution in [3.8, 4) is 0 Å². The van der Waals surface area contributed by atoms with Crippen LogP contribution < -0.4 is 0 Å². The first-order chi connectivity index (χ1) is 8.18. The smallest absolute Gasteiger partial charge is 0.120 e. The molecule has 3 heteroatoms. The molecule has 0 aromatic heterocycles. The second-order valence-electron chi connectivity index (χ2n) is 4.06. The number of fused-ring (bicyclic) bond motifs is 1. The fourth-order valence-electron chi connectivity index (χ4n) is 1.67. The molecule has 0 fully saturated rings. The van der Waals surface area contributed by atoms with E-state index in [0.29, 0.717) is 12.0 Å². The Balaban J connectivity index is 0.000000686. The van der Waals surface area contributed by atoms with Crippen molar-refractivity contribution in [3.63, 3.8) is 0 Å². The Morgan fingerprint density at radius 3 is 2.47 bits per heavy atom. The number of hydrogen-bond donors (Lipinski definition) is 0. The van der Waals surface area contributed by atoms with Crippen LogP contribution in [0.2, 0.25) is 0 Å². The van der Waals surface area contributed by atoms with Crippen molar-refractivity contribution in [3.05, 3.63) is 29.8 Å². The van der Waals surface area contributed by atoms with Gasteiger partial charge in [-0.15, -0.1) is 0 Å². The van der Waals surface area contributed by atoms with Crippen molar-refractivity contribution < 1.29 is 4.74 Å². The maximum absolute atomic E-state index is 5.90.